The molecular weight excluding hydrogens is 284 g/mol. The molecule has 0 N–H and O–H groups in total. The molecule has 0 unspecified atom stereocenters. The average Bonchev–Trinajstić information content (AvgIpc) is 2.98. The number of nitrogens with zero attached hydrogens (tertiary/aromatic N) is 2. The molecule has 3 nitrogen and oxygen atoms in total. The van der Waals surface area contributed by atoms with Crippen molar-refractivity contribution in [2.75, 3.05) is 13.6 Å². The molecule has 0 spiro atoms. The maximum Gasteiger partial charge on any atom is 0.254 e. The first-order valence-corrected chi connectivity index (χ1v) is 7.83. The third kappa shape index (κ3) is 3.03. The van der Waals surface area contributed by atoms with Crippen LogP contribution in [0.4, 0.5) is 0 Å². The zero-order valence-electron chi connectivity index (χ0n) is 12.2. The lowest BCUT2D eigenvalue weighted by Crippen LogP contribution is -2.31. The third-order valence-electron chi connectivity index (χ3n) is 4.27. The summed E-state index contributed by atoms with van der Waals surface area (Å²) in [5, 5.41) is 1.23. The lowest BCUT2D eigenvalue weighted by atomic mass is 10.1. The molecule has 4 heteroatoms. The van der Waals surface area contributed by atoms with E-state index in [2.05, 4.69) is 4.98 Å². The van der Waals surface area contributed by atoms with E-state index in [1.165, 1.54) is 25.7 Å². The van der Waals surface area contributed by atoms with E-state index in [9.17, 15) is 4.79 Å². The Morgan fingerprint density at radius 3 is 2.81 bits per heavy atom. The lowest BCUT2D eigenvalue weighted by molar-refractivity contribution is 0.0775. The van der Waals surface area contributed by atoms with Gasteiger partial charge in [-0.25, -0.2) is 4.98 Å². The number of hydrogen-bond acceptors (Lipinski definition) is 2. The molecule has 0 radical (unpaired) electrons. The van der Waals surface area contributed by atoms with E-state index in [4.69, 9.17) is 11.6 Å². The summed E-state index contributed by atoms with van der Waals surface area (Å²) in [4.78, 5) is 18.8. The van der Waals surface area contributed by atoms with Gasteiger partial charge in [0.05, 0.1) is 11.1 Å². The highest BCUT2D eigenvalue weighted by molar-refractivity contribution is 6.30. The number of rotatable bonds is 3. The molecule has 1 amide bonds. The van der Waals surface area contributed by atoms with Gasteiger partial charge in [0, 0.05) is 19.0 Å². The summed E-state index contributed by atoms with van der Waals surface area (Å²) in [7, 11) is 1.88. The first-order chi connectivity index (χ1) is 10.1. The molecular formula is C17H19ClN2O. The van der Waals surface area contributed by atoms with Crippen molar-refractivity contribution in [3.8, 4) is 0 Å². The third-order valence-corrected chi connectivity index (χ3v) is 4.46. The van der Waals surface area contributed by atoms with Gasteiger partial charge in [-0.2, -0.15) is 0 Å². The van der Waals surface area contributed by atoms with E-state index >= 15 is 0 Å². The minimum absolute atomic E-state index is 0.0300. The predicted molar refractivity (Wildman–Crippen MR) is 85.7 cm³/mol. The topological polar surface area (TPSA) is 33.2 Å². The van der Waals surface area contributed by atoms with Crippen molar-refractivity contribution in [2.24, 2.45) is 5.92 Å². The highest BCUT2D eigenvalue weighted by Crippen LogP contribution is 2.27. The van der Waals surface area contributed by atoms with Crippen molar-refractivity contribution >= 4 is 28.4 Å². The van der Waals surface area contributed by atoms with Crippen LogP contribution >= 0.6 is 11.6 Å². The van der Waals surface area contributed by atoms with E-state index in [1.54, 1.807) is 6.07 Å². The predicted octanol–water partition coefficient (Wildman–Crippen LogP) is 4.15. The van der Waals surface area contributed by atoms with E-state index in [0.29, 0.717) is 16.6 Å². The van der Waals surface area contributed by atoms with Crippen molar-refractivity contribution in [3.63, 3.8) is 0 Å². The van der Waals surface area contributed by atoms with Crippen molar-refractivity contribution < 1.29 is 4.79 Å². The number of para-hydroxylation sites is 1. The second-order valence-electron chi connectivity index (χ2n) is 5.85. The Labute approximate surface area is 129 Å². The monoisotopic (exact) mass is 302 g/mol. The molecule has 1 heterocycles. The standard InChI is InChI=1S/C17H19ClN2O/c1-20(11-12-6-2-3-7-12)17(21)14-10-16(18)19-15-9-5-4-8-13(14)15/h4-5,8-10,12H,2-3,6-7,11H2,1H3. The van der Waals surface area contributed by atoms with Crippen LogP contribution in [0.25, 0.3) is 10.9 Å². The van der Waals surface area contributed by atoms with E-state index < -0.39 is 0 Å². The Morgan fingerprint density at radius 2 is 2.05 bits per heavy atom. The zero-order chi connectivity index (χ0) is 14.8. The highest BCUT2D eigenvalue weighted by atomic mass is 35.5. The van der Waals surface area contributed by atoms with E-state index in [-0.39, 0.29) is 5.91 Å². The van der Waals surface area contributed by atoms with Crippen LogP contribution in [0.5, 0.6) is 0 Å². The molecule has 1 aromatic carbocycles. The second-order valence-corrected chi connectivity index (χ2v) is 6.23. The first-order valence-electron chi connectivity index (χ1n) is 7.46. The SMILES string of the molecule is CN(CC1CCCC1)C(=O)c1cc(Cl)nc2ccccc12. The van der Waals surface area contributed by atoms with Crippen LogP contribution in [0.15, 0.2) is 30.3 Å². The Morgan fingerprint density at radius 1 is 1.33 bits per heavy atom. The summed E-state index contributed by atoms with van der Waals surface area (Å²) < 4.78 is 0. The van der Waals surface area contributed by atoms with Crippen molar-refractivity contribution in [1.29, 1.82) is 0 Å². The first kappa shape index (κ1) is 14.3. The van der Waals surface area contributed by atoms with Gasteiger partial charge in [0.2, 0.25) is 0 Å². The lowest BCUT2D eigenvalue weighted by Gasteiger charge is -2.21. The van der Waals surface area contributed by atoms with Gasteiger partial charge < -0.3 is 4.90 Å². The maximum atomic E-state index is 12.7. The minimum atomic E-state index is 0.0300. The number of aromatic nitrogens is 1. The molecule has 1 saturated carbocycles. The van der Waals surface area contributed by atoms with E-state index in [0.717, 1.165) is 17.4 Å². The molecule has 1 aliphatic rings. The number of halogens is 1. The summed E-state index contributed by atoms with van der Waals surface area (Å²) in [6, 6.07) is 9.31. The zero-order valence-corrected chi connectivity index (χ0v) is 12.9. The van der Waals surface area contributed by atoms with Crippen LogP contribution in [0.1, 0.15) is 36.0 Å². The Bertz CT molecular complexity index is 665. The molecule has 0 saturated heterocycles. The average molecular weight is 303 g/mol. The maximum absolute atomic E-state index is 12.7. The fourth-order valence-corrected chi connectivity index (χ4v) is 3.39. The van der Waals surface area contributed by atoms with Crippen LogP contribution in [-0.4, -0.2) is 29.4 Å². The molecule has 110 valence electrons. The van der Waals surface area contributed by atoms with Crippen molar-refractivity contribution in [2.45, 2.75) is 25.7 Å². The number of carbonyl (C=O) groups excluding carboxylic acids is 1. The van der Waals surface area contributed by atoms with Crippen LogP contribution in [0.2, 0.25) is 5.15 Å². The summed E-state index contributed by atoms with van der Waals surface area (Å²) >= 11 is 6.06. The summed E-state index contributed by atoms with van der Waals surface area (Å²) in [6.45, 7) is 0.826. The van der Waals surface area contributed by atoms with Crippen LogP contribution in [-0.2, 0) is 0 Å². The van der Waals surface area contributed by atoms with Gasteiger partial charge in [0.15, 0.2) is 0 Å². The molecule has 2 aromatic rings. The normalized spacial score (nSPS) is 15.5. The number of hydrogen-bond donors (Lipinski definition) is 0. The van der Waals surface area contributed by atoms with Gasteiger partial charge in [-0.3, -0.25) is 4.79 Å². The fraction of sp³-hybridized carbons (Fsp3) is 0.412. The molecule has 0 aliphatic heterocycles. The number of benzene rings is 1. The molecule has 21 heavy (non-hydrogen) atoms. The number of pyridine rings is 1. The second kappa shape index (κ2) is 6.02. The smallest absolute Gasteiger partial charge is 0.254 e. The van der Waals surface area contributed by atoms with Gasteiger partial charge in [0.25, 0.3) is 5.91 Å². The van der Waals surface area contributed by atoms with Gasteiger partial charge in [0.1, 0.15) is 5.15 Å². The van der Waals surface area contributed by atoms with E-state index in [1.807, 2.05) is 36.2 Å². The van der Waals surface area contributed by atoms with Crippen LogP contribution in [0, 0.1) is 5.92 Å². The highest BCUT2D eigenvalue weighted by Gasteiger charge is 2.21. The molecule has 1 aromatic heterocycles. The Balaban J connectivity index is 1.89. The van der Waals surface area contributed by atoms with Gasteiger partial charge >= 0.3 is 0 Å². The molecule has 1 fully saturated rings. The Hall–Kier alpha value is -1.61. The number of fused-ring (bicyclic) bond motifs is 1. The molecule has 3 rings (SSSR count). The molecule has 0 atom stereocenters. The summed E-state index contributed by atoms with van der Waals surface area (Å²) in [5.41, 5.74) is 1.41. The minimum Gasteiger partial charge on any atom is -0.341 e. The largest absolute Gasteiger partial charge is 0.341 e. The number of amides is 1. The molecule has 0 bridgehead atoms. The summed E-state index contributed by atoms with van der Waals surface area (Å²) in [5.74, 6) is 0.671. The van der Waals surface area contributed by atoms with Crippen LogP contribution in [0.3, 0.4) is 0 Å². The molecule has 1 aliphatic carbocycles. The van der Waals surface area contributed by atoms with Gasteiger partial charge in [-0.05, 0) is 30.9 Å². The van der Waals surface area contributed by atoms with Gasteiger partial charge in [-0.15, -0.1) is 0 Å². The van der Waals surface area contributed by atoms with Crippen molar-refractivity contribution in [3.05, 3.63) is 41.0 Å². The fourth-order valence-electron chi connectivity index (χ4n) is 3.19. The Kier molecular flexibility index (Phi) is 4.11. The quantitative estimate of drug-likeness (QED) is 0.798. The van der Waals surface area contributed by atoms with Crippen LogP contribution < -0.4 is 0 Å². The number of carbonyl (C=O) groups is 1. The van der Waals surface area contributed by atoms with Gasteiger partial charge in [-0.1, -0.05) is 42.6 Å². The summed E-state index contributed by atoms with van der Waals surface area (Å²) in [6.07, 6.45) is 5.04. The van der Waals surface area contributed by atoms with Crippen molar-refractivity contribution in [1.82, 2.24) is 9.88 Å².